The third kappa shape index (κ3) is 2.43. The summed E-state index contributed by atoms with van der Waals surface area (Å²) in [6, 6.07) is 8.47. The van der Waals surface area contributed by atoms with Crippen molar-refractivity contribution in [2.45, 2.75) is 4.83 Å². The van der Waals surface area contributed by atoms with Gasteiger partial charge in [-0.3, -0.25) is 0 Å². The summed E-state index contributed by atoms with van der Waals surface area (Å²) in [5.74, 6) is -0.411. The zero-order valence-corrected chi connectivity index (χ0v) is 11.8. The third-order valence-corrected chi connectivity index (χ3v) is 5.08. The molecule has 0 aliphatic heterocycles. The van der Waals surface area contributed by atoms with Crippen LogP contribution in [-0.4, -0.2) is 0 Å². The zero-order chi connectivity index (χ0) is 11.7. The summed E-state index contributed by atoms with van der Waals surface area (Å²) in [4.78, 5) is 0.866. The van der Waals surface area contributed by atoms with E-state index in [4.69, 9.17) is 23.2 Å². The Morgan fingerprint density at radius 2 is 1.94 bits per heavy atom. The van der Waals surface area contributed by atoms with Crippen molar-refractivity contribution in [1.82, 2.24) is 0 Å². The van der Waals surface area contributed by atoms with Gasteiger partial charge >= 0.3 is 0 Å². The van der Waals surface area contributed by atoms with Crippen LogP contribution < -0.4 is 0 Å². The maximum atomic E-state index is 13.3. The van der Waals surface area contributed by atoms with Gasteiger partial charge in [-0.05, 0) is 23.8 Å². The highest BCUT2D eigenvalue weighted by Gasteiger charge is 2.17. The molecule has 2 aromatic rings. The molecule has 1 atom stereocenters. The van der Waals surface area contributed by atoms with Gasteiger partial charge in [-0.2, -0.15) is 0 Å². The molecule has 0 nitrogen and oxygen atoms in total. The minimum atomic E-state index is -0.411. The molecule has 84 valence electrons. The Bertz CT molecular complexity index is 512. The molecule has 0 spiro atoms. The van der Waals surface area contributed by atoms with E-state index in [9.17, 15) is 4.39 Å². The molecule has 0 bridgehead atoms. The van der Waals surface area contributed by atoms with Gasteiger partial charge in [0, 0.05) is 4.88 Å². The first-order chi connectivity index (χ1) is 7.59. The number of thiophene rings is 1. The van der Waals surface area contributed by atoms with Gasteiger partial charge in [0.05, 0.1) is 14.2 Å². The highest BCUT2D eigenvalue weighted by molar-refractivity contribution is 9.09. The quantitative estimate of drug-likeness (QED) is 0.617. The van der Waals surface area contributed by atoms with E-state index in [1.165, 1.54) is 17.4 Å². The summed E-state index contributed by atoms with van der Waals surface area (Å²) < 4.78 is 14.0. The van der Waals surface area contributed by atoms with Crippen LogP contribution in [0.2, 0.25) is 9.36 Å². The van der Waals surface area contributed by atoms with E-state index in [1.54, 1.807) is 12.1 Å². The smallest absolute Gasteiger partial charge is 0.142 e. The van der Waals surface area contributed by atoms with Crippen LogP contribution in [0.3, 0.4) is 0 Å². The van der Waals surface area contributed by atoms with E-state index in [2.05, 4.69) is 15.9 Å². The van der Waals surface area contributed by atoms with Gasteiger partial charge in [0.25, 0.3) is 0 Å². The normalized spacial score (nSPS) is 12.8. The number of rotatable bonds is 2. The van der Waals surface area contributed by atoms with Crippen molar-refractivity contribution in [3.05, 3.63) is 55.9 Å². The number of benzene rings is 1. The van der Waals surface area contributed by atoms with Gasteiger partial charge < -0.3 is 0 Å². The van der Waals surface area contributed by atoms with Crippen molar-refractivity contribution >= 4 is 50.5 Å². The van der Waals surface area contributed by atoms with Crippen LogP contribution in [0.5, 0.6) is 0 Å². The van der Waals surface area contributed by atoms with Crippen molar-refractivity contribution in [2.24, 2.45) is 0 Å². The Hall–Kier alpha value is -0.0900. The Labute approximate surface area is 115 Å². The van der Waals surface area contributed by atoms with Crippen molar-refractivity contribution in [1.29, 1.82) is 0 Å². The van der Waals surface area contributed by atoms with Crippen LogP contribution in [0.1, 0.15) is 15.3 Å². The van der Waals surface area contributed by atoms with Crippen LogP contribution in [0.4, 0.5) is 4.39 Å². The van der Waals surface area contributed by atoms with Gasteiger partial charge in [-0.1, -0.05) is 51.3 Å². The maximum Gasteiger partial charge on any atom is 0.142 e. The van der Waals surface area contributed by atoms with Crippen LogP contribution in [0, 0.1) is 5.82 Å². The average Bonchev–Trinajstić information content (AvgIpc) is 2.68. The van der Waals surface area contributed by atoms with Crippen molar-refractivity contribution in [3.63, 3.8) is 0 Å². The molecule has 0 saturated heterocycles. The molecule has 0 fully saturated rings. The molecule has 0 aliphatic carbocycles. The van der Waals surface area contributed by atoms with E-state index in [0.717, 1.165) is 4.88 Å². The molecule has 16 heavy (non-hydrogen) atoms. The highest BCUT2D eigenvalue weighted by atomic mass is 79.9. The van der Waals surface area contributed by atoms with E-state index in [-0.39, 0.29) is 9.85 Å². The molecule has 1 aromatic carbocycles. The lowest BCUT2D eigenvalue weighted by Crippen LogP contribution is -1.92. The lowest BCUT2D eigenvalue weighted by atomic mass is 10.1. The first kappa shape index (κ1) is 12.4. The molecule has 1 heterocycles. The van der Waals surface area contributed by atoms with Gasteiger partial charge in [-0.25, -0.2) is 4.39 Å². The average molecular weight is 340 g/mol. The second-order valence-electron chi connectivity index (χ2n) is 3.15. The Balaban J connectivity index is 2.41. The summed E-state index contributed by atoms with van der Waals surface area (Å²) in [7, 11) is 0. The van der Waals surface area contributed by atoms with Crippen molar-refractivity contribution in [3.8, 4) is 0 Å². The lowest BCUT2D eigenvalue weighted by molar-refractivity contribution is 0.626. The summed E-state index contributed by atoms with van der Waals surface area (Å²) in [5, 5.41) is 0.147. The van der Waals surface area contributed by atoms with Gasteiger partial charge in [0.1, 0.15) is 5.82 Å². The summed E-state index contributed by atoms with van der Waals surface area (Å²) >= 11 is 16.7. The molecule has 0 aliphatic rings. The fourth-order valence-electron chi connectivity index (χ4n) is 1.33. The maximum absolute atomic E-state index is 13.3. The topological polar surface area (TPSA) is 0 Å². The number of alkyl halides is 1. The monoisotopic (exact) mass is 338 g/mol. The molecule has 0 amide bonds. The minimum absolute atomic E-state index is 0.131. The van der Waals surface area contributed by atoms with Gasteiger partial charge in [-0.15, -0.1) is 11.3 Å². The van der Waals surface area contributed by atoms with Gasteiger partial charge in [0.2, 0.25) is 0 Å². The minimum Gasteiger partial charge on any atom is -0.205 e. The molecule has 1 aromatic heterocycles. The summed E-state index contributed by atoms with van der Waals surface area (Å²) in [6.07, 6.45) is 0. The molecule has 0 saturated carbocycles. The standard InChI is InChI=1S/C11H6BrCl2FS/c12-10(8-4-5-9(13)16-8)6-2-1-3-7(15)11(6)14/h1-5,10H. The van der Waals surface area contributed by atoms with Crippen LogP contribution in [-0.2, 0) is 0 Å². The predicted octanol–water partition coefficient (Wildman–Crippen LogP) is 5.68. The zero-order valence-electron chi connectivity index (χ0n) is 7.88. The third-order valence-electron chi connectivity index (χ3n) is 2.10. The van der Waals surface area contributed by atoms with Crippen LogP contribution in [0.25, 0.3) is 0 Å². The molecule has 0 N–H and O–H groups in total. The fourth-order valence-corrected chi connectivity index (χ4v) is 3.57. The molecule has 5 heteroatoms. The van der Waals surface area contributed by atoms with Gasteiger partial charge in [0.15, 0.2) is 0 Å². The van der Waals surface area contributed by atoms with E-state index in [0.29, 0.717) is 9.90 Å². The van der Waals surface area contributed by atoms with Crippen LogP contribution in [0.15, 0.2) is 30.3 Å². The summed E-state index contributed by atoms with van der Waals surface area (Å²) in [6.45, 7) is 0. The molecule has 2 rings (SSSR count). The number of halogens is 4. The number of hydrogen-bond acceptors (Lipinski definition) is 1. The summed E-state index contributed by atoms with van der Waals surface area (Å²) in [5.41, 5.74) is 0.709. The molecule has 0 radical (unpaired) electrons. The second kappa shape index (κ2) is 5.05. The lowest BCUT2D eigenvalue weighted by Gasteiger charge is -2.10. The first-order valence-corrected chi connectivity index (χ1v) is 6.91. The molecular weight excluding hydrogens is 334 g/mol. The van der Waals surface area contributed by atoms with E-state index >= 15 is 0 Å². The second-order valence-corrected chi connectivity index (χ2v) is 6.19. The van der Waals surface area contributed by atoms with Crippen molar-refractivity contribution < 1.29 is 4.39 Å². The predicted molar refractivity (Wildman–Crippen MR) is 71.5 cm³/mol. The largest absolute Gasteiger partial charge is 0.205 e. The molecular formula is C11H6BrCl2FS. The molecule has 1 unspecified atom stereocenters. The van der Waals surface area contributed by atoms with Crippen molar-refractivity contribution in [2.75, 3.05) is 0 Å². The SMILES string of the molecule is Fc1cccc(C(Br)c2ccc(Cl)s2)c1Cl. The van der Waals surface area contributed by atoms with E-state index in [1.807, 2.05) is 12.1 Å². The van der Waals surface area contributed by atoms with Crippen LogP contribution >= 0.6 is 50.5 Å². The van der Waals surface area contributed by atoms with E-state index < -0.39 is 5.82 Å². The Morgan fingerprint density at radius 1 is 1.19 bits per heavy atom. The highest BCUT2D eigenvalue weighted by Crippen LogP contribution is 2.40. The number of hydrogen-bond donors (Lipinski definition) is 0. The Morgan fingerprint density at radius 3 is 2.56 bits per heavy atom. The first-order valence-electron chi connectivity index (χ1n) is 4.43. The Kier molecular flexibility index (Phi) is 3.90. The fraction of sp³-hybridized carbons (Fsp3) is 0.0909.